The van der Waals surface area contributed by atoms with Crippen LogP contribution < -0.4 is 14.8 Å². The number of nitrogens with one attached hydrogen (secondary N) is 1. The topological polar surface area (TPSA) is 72.8 Å². The van der Waals surface area contributed by atoms with Gasteiger partial charge < -0.3 is 24.3 Å². The lowest BCUT2D eigenvalue weighted by Crippen LogP contribution is -2.64. The molecule has 190 valence electrons. The predicted molar refractivity (Wildman–Crippen MR) is 139 cm³/mol. The molecule has 5 rings (SSSR count). The zero-order valence-corrected chi connectivity index (χ0v) is 21.4. The van der Waals surface area contributed by atoms with Gasteiger partial charge in [-0.25, -0.2) is 0 Å². The number of nitrogens with zero attached hydrogens (tertiary/aromatic N) is 2. The van der Waals surface area contributed by atoms with Crippen molar-refractivity contribution in [1.29, 1.82) is 0 Å². The van der Waals surface area contributed by atoms with Gasteiger partial charge in [0.2, 0.25) is 5.91 Å². The van der Waals surface area contributed by atoms with Crippen molar-refractivity contribution in [1.82, 2.24) is 14.8 Å². The first-order valence-electron chi connectivity index (χ1n) is 12.9. The van der Waals surface area contributed by atoms with E-state index in [1.807, 2.05) is 66.9 Å². The van der Waals surface area contributed by atoms with Gasteiger partial charge in [0.25, 0.3) is 5.91 Å². The quantitative estimate of drug-likeness (QED) is 0.512. The highest BCUT2D eigenvalue weighted by Crippen LogP contribution is 2.35. The van der Waals surface area contributed by atoms with E-state index in [0.717, 1.165) is 53.6 Å². The third kappa shape index (κ3) is 4.43. The van der Waals surface area contributed by atoms with Crippen LogP contribution in [0.25, 0.3) is 10.9 Å². The minimum absolute atomic E-state index is 0.0934. The van der Waals surface area contributed by atoms with Crippen LogP contribution in [0.3, 0.4) is 0 Å². The van der Waals surface area contributed by atoms with Crippen LogP contribution in [0.5, 0.6) is 11.5 Å². The molecule has 2 amide bonds. The Bertz CT molecular complexity index is 1260. The van der Waals surface area contributed by atoms with Crippen LogP contribution in [0.4, 0.5) is 0 Å². The number of methoxy groups -OCH3 is 1. The summed E-state index contributed by atoms with van der Waals surface area (Å²) in [5.41, 5.74) is 1.40. The molecule has 0 bridgehead atoms. The Kier molecular flexibility index (Phi) is 6.65. The fourth-order valence-corrected chi connectivity index (χ4v) is 5.53. The number of amides is 2. The van der Waals surface area contributed by atoms with E-state index < -0.39 is 5.54 Å². The highest BCUT2D eigenvalue weighted by molar-refractivity contribution is 6.03. The van der Waals surface area contributed by atoms with Gasteiger partial charge in [-0.3, -0.25) is 9.59 Å². The van der Waals surface area contributed by atoms with Crippen LogP contribution >= 0.6 is 0 Å². The SMILES string of the molecule is CCOc1ccc(CN2C(=O)c3cc4ccc(OC)cc4n3C[C@]2(C)C(=O)NC2CCCCC2)cc1. The predicted octanol–water partition coefficient (Wildman–Crippen LogP) is 4.91. The molecule has 1 saturated carbocycles. The van der Waals surface area contributed by atoms with Crippen LogP contribution in [0.1, 0.15) is 62.0 Å². The van der Waals surface area contributed by atoms with Gasteiger partial charge >= 0.3 is 0 Å². The first-order valence-corrected chi connectivity index (χ1v) is 12.9. The summed E-state index contributed by atoms with van der Waals surface area (Å²) >= 11 is 0. The van der Waals surface area contributed by atoms with Crippen LogP contribution in [0.15, 0.2) is 48.5 Å². The molecule has 2 aromatic carbocycles. The number of carbonyl (C=O) groups excluding carboxylic acids is 2. The average Bonchev–Trinajstić information content (AvgIpc) is 3.25. The molecule has 1 fully saturated rings. The molecule has 7 nitrogen and oxygen atoms in total. The van der Waals surface area contributed by atoms with Crippen LogP contribution in [-0.4, -0.2) is 46.6 Å². The number of hydrogen-bond acceptors (Lipinski definition) is 4. The molecule has 1 aliphatic heterocycles. The fraction of sp³-hybridized carbons (Fsp3) is 0.448. The maximum Gasteiger partial charge on any atom is 0.271 e. The molecule has 0 saturated heterocycles. The zero-order chi connectivity index (χ0) is 25.3. The summed E-state index contributed by atoms with van der Waals surface area (Å²) in [5.74, 6) is 1.27. The second-order valence-electron chi connectivity index (χ2n) is 10.1. The molecule has 1 aromatic heterocycles. The number of aromatic nitrogens is 1. The Balaban J connectivity index is 1.53. The molecule has 0 radical (unpaired) electrons. The fourth-order valence-electron chi connectivity index (χ4n) is 5.53. The molecule has 0 unspecified atom stereocenters. The normalized spacial score (nSPS) is 20.3. The first kappa shape index (κ1) is 24.2. The van der Waals surface area contributed by atoms with E-state index in [-0.39, 0.29) is 17.9 Å². The van der Waals surface area contributed by atoms with Gasteiger partial charge in [-0.15, -0.1) is 0 Å². The molecule has 1 N–H and O–H groups in total. The van der Waals surface area contributed by atoms with Crippen molar-refractivity contribution in [2.45, 2.75) is 70.6 Å². The van der Waals surface area contributed by atoms with E-state index in [9.17, 15) is 9.59 Å². The van der Waals surface area contributed by atoms with E-state index in [1.54, 1.807) is 12.0 Å². The minimum atomic E-state index is -1.05. The monoisotopic (exact) mass is 489 g/mol. The standard InChI is InChI=1S/C29H35N3O4/c1-4-36-23-13-10-20(11-14-23)18-32-27(33)26-16-21-12-15-24(35-3)17-25(21)31(26)19-29(32,2)28(34)30-22-8-6-5-7-9-22/h10-17,22H,4-9,18-19H2,1-3H3,(H,30,34)/t29-/m1/s1. The second kappa shape index (κ2) is 9.88. The molecule has 0 spiro atoms. The number of ether oxygens (including phenoxy) is 2. The maximum atomic E-state index is 14.0. The third-order valence-electron chi connectivity index (χ3n) is 7.64. The number of benzene rings is 2. The molecule has 2 aliphatic rings. The van der Waals surface area contributed by atoms with Gasteiger partial charge in [-0.2, -0.15) is 0 Å². The zero-order valence-electron chi connectivity index (χ0n) is 21.4. The second-order valence-corrected chi connectivity index (χ2v) is 10.1. The molecule has 7 heteroatoms. The van der Waals surface area contributed by atoms with E-state index in [1.165, 1.54) is 6.42 Å². The van der Waals surface area contributed by atoms with Crippen molar-refractivity contribution < 1.29 is 19.1 Å². The Morgan fingerprint density at radius 2 is 1.78 bits per heavy atom. The summed E-state index contributed by atoms with van der Waals surface area (Å²) in [4.78, 5) is 29.6. The van der Waals surface area contributed by atoms with Crippen molar-refractivity contribution >= 4 is 22.7 Å². The lowest BCUT2D eigenvalue weighted by atomic mass is 9.91. The van der Waals surface area contributed by atoms with E-state index in [2.05, 4.69) is 5.32 Å². The molecule has 1 atom stereocenters. The Morgan fingerprint density at radius 3 is 2.47 bits per heavy atom. The summed E-state index contributed by atoms with van der Waals surface area (Å²) in [5, 5.41) is 4.25. The summed E-state index contributed by atoms with van der Waals surface area (Å²) in [6.45, 7) is 5.15. The van der Waals surface area contributed by atoms with Crippen LogP contribution in [0.2, 0.25) is 0 Å². The van der Waals surface area contributed by atoms with Gasteiger partial charge in [0.15, 0.2) is 0 Å². The molecular weight excluding hydrogens is 454 g/mol. The number of fused-ring (bicyclic) bond motifs is 3. The minimum Gasteiger partial charge on any atom is -0.497 e. The number of carbonyl (C=O) groups is 2. The Morgan fingerprint density at radius 1 is 1.06 bits per heavy atom. The van der Waals surface area contributed by atoms with Gasteiger partial charge in [-0.1, -0.05) is 31.4 Å². The van der Waals surface area contributed by atoms with Crippen molar-refractivity contribution in [3.8, 4) is 11.5 Å². The molecule has 36 heavy (non-hydrogen) atoms. The van der Waals surface area contributed by atoms with Gasteiger partial charge in [0, 0.05) is 24.0 Å². The largest absolute Gasteiger partial charge is 0.497 e. The number of rotatable bonds is 7. The summed E-state index contributed by atoms with van der Waals surface area (Å²) < 4.78 is 13.0. The van der Waals surface area contributed by atoms with Crippen molar-refractivity contribution in [3.05, 3.63) is 59.8 Å². The smallest absolute Gasteiger partial charge is 0.271 e. The highest BCUT2D eigenvalue weighted by atomic mass is 16.5. The number of hydrogen-bond donors (Lipinski definition) is 1. The van der Waals surface area contributed by atoms with Crippen LogP contribution in [-0.2, 0) is 17.9 Å². The van der Waals surface area contributed by atoms with E-state index >= 15 is 0 Å². The third-order valence-corrected chi connectivity index (χ3v) is 7.64. The molecule has 3 aromatic rings. The average molecular weight is 490 g/mol. The summed E-state index contributed by atoms with van der Waals surface area (Å²) in [6, 6.07) is 15.6. The lowest BCUT2D eigenvalue weighted by molar-refractivity contribution is -0.134. The van der Waals surface area contributed by atoms with E-state index in [0.29, 0.717) is 25.4 Å². The molecule has 2 heterocycles. The van der Waals surface area contributed by atoms with Gasteiger partial charge in [-0.05, 0) is 62.6 Å². The van der Waals surface area contributed by atoms with Gasteiger partial charge in [0.1, 0.15) is 22.7 Å². The Hall–Kier alpha value is -3.48. The van der Waals surface area contributed by atoms with Crippen molar-refractivity contribution in [2.24, 2.45) is 0 Å². The van der Waals surface area contributed by atoms with Crippen molar-refractivity contribution in [3.63, 3.8) is 0 Å². The van der Waals surface area contributed by atoms with Crippen LogP contribution in [0, 0.1) is 0 Å². The molecule has 1 aliphatic carbocycles. The first-order chi connectivity index (χ1) is 17.4. The lowest BCUT2D eigenvalue weighted by Gasteiger charge is -2.45. The Labute approximate surface area is 212 Å². The van der Waals surface area contributed by atoms with Crippen molar-refractivity contribution in [2.75, 3.05) is 13.7 Å². The maximum absolute atomic E-state index is 14.0. The molecular formula is C29H35N3O4. The van der Waals surface area contributed by atoms with E-state index in [4.69, 9.17) is 9.47 Å². The van der Waals surface area contributed by atoms with Gasteiger partial charge in [0.05, 0.1) is 25.8 Å². The summed E-state index contributed by atoms with van der Waals surface area (Å²) in [6.07, 6.45) is 5.45. The highest BCUT2D eigenvalue weighted by Gasteiger charge is 2.48. The summed E-state index contributed by atoms with van der Waals surface area (Å²) in [7, 11) is 1.63.